The topological polar surface area (TPSA) is 77.5 Å². The summed E-state index contributed by atoms with van der Waals surface area (Å²) in [6, 6.07) is 5.23. The normalized spacial score (nSPS) is 10.4. The van der Waals surface area contributed by atoms with Crippen LogP contribution >= 0.6 is 27.5 Å². The molecule has 0 atom stereocenters. The smallest absolute Gasteiger partial charge is 0.387 e. The number of ether oxygens (including phenoxy) is 2. The third-order valence-corrected chi connectivity index (χ3v) is 3.44. The number of carbonyl (C=O) groups excluding carboxylic acids is 2. The van der Waals surface area contributed by atoms with Crippen LogP contribution in [-0.2, 0) is 9.53 Å². The first-order valence-electron chi connectivity index (χ1n) is 6.67. The molecule has 132 valence electrons. The molecule has 1 amide bonds. The number of amides is 1. The number of nitrogens with zero attached hydrogens (tertiary/aromatic N) is 1. The molecule has 2 rings (SSSR count). The molecule has 0 aliphatic rings. The number of nitrogens with one attached hydrogen (secondary N) is 1. The number of hydrogen-bond acceptors (Lipinski definition) is 5. The van der Waals surface area contributed by atoms with E-state index in [4.69, 9.17) is 16.3 Å². The van der Waals surface area contributed by atoms with Crippen molar-refractivity contribution in [2.24, 2.45) is 0 Å². The Morgan fingerprint density at radius 1 is 1.28 bits per heavy atom. The lowest BCUT2D eigenvalue weighted by atomic mass is 10.3. The summed E-state index contributed by atoms with van der Waals surface area (Å²) in [4.78, 5) is 27.4. The van der Waals surface area contributed by atoms with Gasteiger partial charge in [0.15, 0.2) is 6.61 Å². The number of halogens is 4. The number of benzene rings is 1. The fourth-order valence-electron chi connectivity index (χ4n) is 1.71. The van der Waals surface area contributed by atoms with E-state index in [9.17, 15) is 18.4 Å². The van der Waals surface area contributed by atoms with E-state index < -0.39 is 25.1 Å². The van der Waals surface area contributed by atoms with Crippen molar-refractivity contribution < 1.29 is 27.8 Å². The largest absolute Gasteiger partial charge is 0.452 e. The molecule has 0 unspecified atom stereocenters. The molecule has 2 aromatic rings. The second-order valence-electron chi connectivity index (χ2n) is 4.54. The lowest BCUT2D eigenvalue weighted by Gasteiger charge is -2.10. The van der Waals surface area contributed by atoms with Crippen molar-refractivity contribution in [1.82, 2.24) is 4.98 Å². The molecule has 0 aliphatic heterocycles. The first kappa shape index (κ1) is 19.1. The summed E-state index contributed by atoms with van der Waals surface area (Å²) in [5.41, 5.74) is 0.413. The number of anilines is 1. The zero-order valence-electron chi connectivity index (χ0n) is 12.3. The van der Waals surface area contributed by atoms with Gasteiger partial charge < -0.3 is 14.8 Å². The van der Waals surface area contributed by atoms with E-state index in [1.807, 2.05) is 0 Å². The Morgan fingerprint density at radius 2 is 2.04 bits per heavy atom. The molecule has 0 bridgehead atoms. The van der Waals surface area contributed by atoms with Gasteiger partial charge in [-0.3, -0.25) is 9.78 Å². The van der Waals surface area contributed by atoms with Crippen molar-refractivity contribution in [3.05, 3.63) is 51.7 Å². The molecule has 0 aliphatic carbocycles. The van der Waals surface area contributed by atoms with Crippen LogP contribution in [0.5, 0.6) is 5.75 Å². The van der Waals surface area contributed by atoms with Gasteiger partial charge >= 0.3 is 12.6 Å². The van der Waals surface area contributed by atoms with Crippen molar-refractivity contribution in [3.8, 4) is 5.75 Å². The third-order valence-electron chi connectivity index (χ3n) is 2.71. The van der Waals surface area contributed by atoms with Gasteiger partial charge in [0.1, 0.15) is 5.75 Å². The van der Waals surface area contributed by atoms with E-state index in [2.05, 4.69) is 31.0 Å². The number of aromatic nitrogens is 1. The van der Waals surface area contributed by atoms with Gasteiger partial charge in [-0.15, -0.1) is 0 Å². The molecule has 0 radical (unpaired) electrons. The van der Waals surface area contributed by atoms with Gasteiger partial charge in [0.2, 0.25) is 0 Å². The van der Waals surface area contributed by atoms with Crippen LogP contribution in [0, 0.1) is 0 Å². The monoisotopic (exact) mass is 434 g/mol. The molecule has 1 aromatic carbocycles. The van der Waals surface area contributed by atoms with Crippen molar-refractivity contribution >= 4 is 45.1 Å². The van der Waals surface area contributed by atoms with Gasteiger partial charge in [-0.25, -0.2) is 4.79 Å². The first-order chi connectivity index (χ1) is 11.8. The average Bonchev–Trinajstić information content (AvgIpc) is 2.55. The molecule has 1 heterocycles. The number of rotatable bonds is 6. The van der Waals surface area contributed by atoms with Crippen LogP contribution in [0.4, 0.5) is 14.5 Å². The summed E-state index contributed by atoms with van der Waals surface area (Å²) in [6.45, 7) is -3.55. The van der Waals surface area contributed by atoms with Crippen molar-refractivity contribution in [1.29, 1.82) is 0 Å². The second kappa shape index (κ2) is 8.72. The third kappa shape index (κ3) is 5.95. The fraction of sp³-hybridized carbons (Fsp3) is 0.133. The molecule has 0 fully saturated rings. The van der Waals surface area contributed by atoms with E-state index in [-0.39, 0.29) is 22.0 Å². The summed E-state index contributed by atoms with van der Waals surface area (Å²) in [6.07, 6.45) is 2.79. The van der Waals surface area contributed by atoms with Gasteiger partial charge in [-0.05, 0) is 40.2 Å². The number of carbonyl (C=O) groups is 2. The minimum absolute atomic E-state index is 0.102. The van der Waals surface area contributed by atoms with Crippen molar-refractivity contribution in [2.75, 3.05) is 11.9 Å². The van der Waals surface area contributed by atoms with Crippen molar-refractivity contribution in [3.63, 3.8) is 0 Å². The van der Waals surface area contributed by atoms with E-state index in [1.54, 1.807) is 0 Å². The minimum Gasteiger partial charge on any atom is -0.452 e. The van der Waals surface area contributed by atoms with Crippen LogP contribution in [0.1, 0.15) is 10.4 Å². The zero-order chi connectivity index (χ0) is 18.4. The molecule has 6 nitrogen and oxygen atoms in total. The molecule has 0 saturated heterocycles. The Morgan fingerprint density at radius 3 is 2.68 bits per heavy atom. The zero-order valence-corrected chi connectivity index (χ0v) is 14.7. The van der Waals surface area contributed by atoms with Crippen LogP contribution in [0.25, 0.3) is 0 Å². The van der Waals surface area contributed by atoms with Gasteiger partial charge in [0, 0.05) is 22.6 Å². The molecule has 0 spiro atoms. The van der Waals surface area contributed by atoms with Crippen LogP contribution < -0.4 is 10.1 Å². The molecule has 25 heavy (non-hydrogen) atoms. The highest BCUT2D eigenvalue weighted by Crippen LogP contribution is 2.28. The Bertz CT molecular complexity index is 792. The fourth-order valence-corrected chi connectivity index (χ4v) is 2.30. The molecular weight excluding hydrogens is 426 g/mol. The van der Waals surface area contributed by atoms with Gasteiger partial charge in [0.05, 0.1) is 10.6 Å². The predicted octanol–water partition coefficient (Wildman–Crippen LogP) is 3.89. The molecule has 0 saturated carbocycles. The van der Waals surface area contributed by atoms with Crippen LogP contribution in [0.2, 0.25) is 5.02 Å². The second-order valence-corrected chi connectivity index (χ2v) is 5.86. The van der Waals surface area contributed by atoms with Crippen molar-refractivity contribution in [2.45, 2.75) is 6.61 Å². The van der Waals surface area contributed by atoms with E-state index >= 15 is 0 Å². The molecule has 10 heteroatoms. The quantitative estimate of drug-likeness (QED) is 0.697. The Balaban J connectivity index is 1.90. The van der Waals surface area contributed by atoms with Crippen LogP contribution in [0.3, 0.4) is 0 Å². The Kier molecular flexibility index (Phi) is 6.65. The van der Waals surface area contributed by atoms with Gasteiger partial charge in [-0.2, -0.15) is 8.78 Å². The van der Waals surface area contributed by atoms with Gasteiger partial charge in [-0.1, -0.05) is 11.6 Å². The predicted molar refractivity (Wildman–Crippen MR) is 88.9 cm³/mol. The molecular formula is C15H10BrClF2N2O4. The number of pyridine rings is 1. The van der Waals surface area contributed by atoms with Gasteiger partial charge in [0.25, 0.3) is 5.91 Å². The maximum Gasteiger partial charge on any atom is 0.387 e. The summed E-state index contributed by atoms with van der Waals surface area (Å²) < 4.78 is 33.9. The number of esters is 1. The highest BCUT2D eigenvalue weighted by molar-refractivity contribution is 9.10. The Labute approximate surface area is 154 Å². The van der Waals surface area contributed by atoms with Crippen LogP contribution in [0.15, 0.2) is 41.1 Å². The first-order valence-corrected chi connectivity index (χ1v) is 7.84. The Hall–Kier alpha value is -2.26. The van der Waals surface area contributed by atoms with E-state index in [0.717, 1.165) is 0 Å². The number of hydrogen-bond donors (Lipinski definition) is 1. The molecule has 1 aromatic heterocycles. The lowest BCUT2D eigenvalue weighted by molar-refractivity contribution is -0.119. The SMILES string of the molecule is O=C(COC(=O)c1cncc(Br)c1)Nc1ccc(OC(F)F)c(Cl)c1. The maximum absolute atomic E-state index is 12.1. The minimum atomic E-state index is -3.01. The van der Waals surface area contributed by atoms with Crippen LogP contribution in [-0.4, -0.2) is 30.1 Å². The highest BCUT2D eigenvalue weighted by atomic mass is 79.9. The van der Waals surface area contributed by atoms with E-state index in [0.29, 0.717) is 4.47 Å². The molecule has 1 N–H and O–H groups in total. The highest BCUT2D eigenvalue weighted by Gasteiger charge is 2.13. The van der Waals surface area contributed by atoms with E-state index in [1.165, 1.54) is 36.7 Å². The standard InChI is InChI=1S/C15H10BrClF2N2O4/c16-9-3-8(5-20-6-9)14(23)24-7-13(22)21-10-1-2-12(11(17)4-10)25-15(18)19/h1-6,15H,7H2,(H,21,22). The summed E-state index contributed by atoms with van der Waals surface area (Å²) in [5.74, 6) is -1.57. The summed E-state index contributed by atoms with van der Waals surface area (Å²) >= 11 is 8.94. The summed E-state index contributed by atoms with van der Waals surface area (Å²) in [7, 11) is 0. The maximum atomic E-state index is 12.1. The number of alkyl halides is 2. The summed E-state index contributed by atoms with van der Waals surface area (Å²) in [5, 5.41) is 2.31. The lowest BCUT2D eigenvalue weighted by Crippen LogP contribution is -2.21. The average molecular weight is 436 g/mol.